The SMILES string of the molecule is CC(CCC(=O)OC(C)C)CO[P@]1(=O)OC[C@H]2O[C@@H](n3ccc(=O)[nH]c3=O)C(C)(C)[C@@H]2O1. The first-order valence-electron chi connectivity index (χ1n) is 10.6. The number of ether oxygens (including phenoxy) is 2. The summed E-state index contributed by atoms with van der Waals surface area (Å²) in [4.78, 5) is 37.5. The van der Waals surface area contributed by atoms with Crippen molar-refractivity contribution in [3.05, 3.63) is 33.1 Å². The highest BCUT2D eigenvalue weighted by molar-refractivity contribution is 7.48. The molecule has 0 amide bonds. The second-order valence-corrected chi connectivity index (χ2v) is 10.7. The van der Waals surface area contributed by atoms with Gasteiger partial charge in [-0.3, -0.25) is 32.7 Å². The molecular formula is C20H31N2O9P. The van der Waals surface area contributed by atoms with Crippen LogP contribution < -0.4 is 11.2 Å². The van der Waals surface area contributed by atoms with E-state index in [0.29, 0.717) is 6.42 Å². The molecule has 0 aliphatic carbocycles. The van der Waals surface area contributed by atoms with Crippen LogP contribution in [0.25, 0.3) is 0 Å². The highest BCUT2D eigenvalue weighted by Crippen LogP contribution is 2.60. The molecule has 1 aromatic heterocycles. The molecule has 0 aromatic carbocycles. The summed E-state index contributed by atoms with van der Waals surface area (Å²) < 4.78 is 42.1. The maximum atomic E-state index is 13.1. The van der Waals surface area contributed by atoms with E-state index in [1.807, 2.05) is 20.8 Å². The van der Waals surface area contributed by atoms with Gasteiger partial charge in [-0.1, -0.05) is 20.8 Å². The van der Waals surface area contributed by atoms with E-state index < -0.39 is 42.9 Å². The number of nitrogens with zero attached hydrogens (tertiary/aromatic N) is 1. The van der Waals surface area contributed by atoms with E-state index in [9.17, 15) is 18.9 Å². The number of carbonyl (C=O) groups excluding carboxylic acids is 1. The molecule has 2 aliphatic heterocycles. The Morgan fingerprint density at radius 1 is 1.34 bits per heavy atom. The number of rotatable bonds is 8. The molecule has 1 unspecified atom stereocenters. The third-order valence-corrected chi connectivity index (χ3v) is 6.90. The van der Waals surface area contributed by atoms with Crippen molar-refractivity contribution in [2.75, 3.05) is 13.2 Å². The Kier molecular flexibility index (Phi) is 7.46. The Bertz CT molecular complexity index is 986. The van der Waals surface area contributed by atoms with Gasteiger partial charge in [-0.25, -0.2) is 9.36 Å². The lowest BCUT2D eigenvalue weighted by atomic mass is 9.84. The number of nitrogens with one attached hydrogen (secondary N) is 1. The number of fused-ring (bicyclic) bond motifs is 1. The molecule has 1 N–H and O–H groups in total. The number of phosphoric ester groups is 1. The molecule has 2 saturated heterocycles. The fraction of sp³-hybridized carbons (Fsp3) is 0.750. The maximum Gasteiger partial charge on any atom is 0.475 e. The fourth-order valence-corrected chi connectivity index (χ4v) is 5.44. The zero-order valence-corrected chi connectivity index (χ0v) is 19.8. The first-order chi connectivity index (χ1) is 14.9. The number of aromatic nitrogens is 2. The van der Waals surface area contributed by atoms with Gasteiger partial charge in [0.2, 0.25) is 0 Å². The lowest BCUT2D eigenvalue weighted by Crippen LogP contribution is -2.42. The van der Waals surface area contributed by atoms with Crippen LogP contribution in [0.5, 0.6) is 0 Å². The topological polar surface area (TPSA) is 135 Å². The number of carbonyl (C=O) groups is 1. The van der Waals surface area contributed by atoms with E-state index in [1.165, 1.54) is 16.8 Å². The molecule has 3 rings (SSSR count). The maximum absolute atomic E-state index is 13.1. The second-order valence-electron chi connectivity index (χ2n) is 9.11. The summed E-state index contributed by atoms with van der Waals surface area (Å²) in [5.74, 6) is -0.370. The largest absolute Gasteiger partial charge is 0.475 e. The Balaban J connectivity index is 1.61. The van der Waals surface area contributed by atoms with Crippen molar-refractivity contribution in [2.45, 2.75) is 72.0 Å². The van der Waals surface area contributed by atoms with Crippen LogP contribution in [-0.2, 0) is 32.4 Å². The van der Waals surface area contributed by atoms with Gasteiger partial charge in [-0.2, -0.15) is 0 Å². The molecular weight excluding hydrogens is 443 g/mol. The number of aromatic amines is 1. The summed E-state index contributed by atoms with van der Waals surface area (Å²) in [5.41, 5.74) is -1.90. The molecule has 0 bridgehead atoms. The van der Waals surface area contributed by atoms with E-state index in [2.05, 4.69) is 4.98 Å². The van der Waals surface area contributed by atoms with Crippen molar-refractivity contribution in [1.29, 1.82) is 0 Å². The smallest absolute Gasteiger partial charge is 0.463 e. The molecule has 0 radical (unpaired) electrons. The van der Waals surface area contributed by atoms with E-state index in [0.717, 1.165) is 0 Å². The van der Waals surface area contributed by atoms with Crippen LogP contribution in [0, 0.1) is 11.3 Å². The Morgan fingerprint density at radius 2 is 2.06 bits per heavy atom. The molecule has 11 nitrogen and oxygen atoms in total. The number of hydrogen-bond donors (Lipinski definition) is 1. The Morgan fingerprint density at radius 3 is 2.72 bits per heavy atom. The normalized spacial score (nSPS) is 30.1. The molecule has 180 valence electrons. The summed E-state index contributed by atoms with van der Waals surface area (Å²) in [7, 11) is -3.87. The van der Waals surface area contributed by atoms with E-state index in [4.69, 9.17) is 23.0 Å². The summed E-state index contributed by atoms with van der Waals surface area (Å²) in [6, 6.07) is 1.23. The van der Waals surface area contributed by atoms with Crippen LogP contribution in [0.15, 0.2) is 21.9 Å². The summed E-state index contributed by atoms with van der Waals surface area (Å²) in [6.45, 7) is 9.11. The molecule has 5 atom stereocenters. The molecule has 3 heterocycles. The van der Waals surface area contributed by atoms with Crippen molar-refractivity contribution in [3.63, 3.8) is 0 Å². The first-order valence-corrected chi connectivity index (χ1v) is 12.1. The highest BCUT2D eigenvalue weighted by atomic mass is 31.2. The zero-order valence-electron chi connectivity index (χ0n) is 18.9. The van der Waals surface area contributed by atoms with Crippen LogP contribution in [0.4, 0.5) is 0 Å². The molecule has 1 aromatic rings. The lowest BCUT2D eigenvalue weighted by Gasteiger charge is -2.36. The van der Waals surface area contributed by atoms with Gasteiger partial charge in [0.15, 0.2) is 0 Å². The lowest BCUT2D eigenvalue weighted by molar-refractivity contribution is -0.147. The van der Waals surface area contributed by atoms with Crippen LogP contribution in [0.2, 0.25) is 0 Å². The van der Waals surface area contributed by atoms with Crippen molar-refractivity contribution in [1.82, 2.24) is 9.55 Å². The number of H-pyrrole nitrogens is 1. The molecule has 0 spiro atoms. The van der Waals surface area contributed by atoms with Crippen molar-refractivity contribution in [2.24, 2.45) is 11.3 Å². The van der Waals surface area contributed by atoms with Crippen molar-refractivity contribution >= 4 is 13.8 Å². The third kappa shape index (κ3) is 5.58. The number of hydrogen-bond acceptors (Lipinski definition) is 9. The predicted octanol–water partition coefficient (Wildman–Crippen LogP) is 2.37. The van der Waals surface area contributed by atoms with Crippen LogP contribution in [-0.4, -0.2) is 47.0 Å². The number of esters is 1. The van der Waals surface area contributed by atoms with Crippen molar-refractivity contribution < 1.29 is 32.4 Å². The molecule has 32 heavy (non-hydrogen) atoms. The molecule has 2 fully saturated rings. The quantitative estimate of drug-likeness (QED) is 0.445. The molecule has 2 aliphatic rings. The van der Waals surface area contributed by atoms with Crippen molar-refractivity contribution in [3.8, 4) is 0 Å². The van der Waals surface area contributed by atoms with Gasteiger partial charge < -0.3 is 9.47 Å². The zero-order chi connectivity index (χ0) is 23.7. The Hall–Kier alpha value is -1.78. The van der Waals surface area contributed by atoms with Gasteiger partial charge in [0.1, 0.15) is 18.4 Å². The fourth-order valence-electron chi connectivity index (χ4n) is 3.79. The summed E-state index contributed by atoms with van der Waals surface area (Å²) in [6.07, 6.45) is -0.0739. The minimum atomic E-state index is -3.87. The number of phosphoric acid groups is 1. The molecule has 0 saturated carbocycles. The van der Waals surface area contributed by atoms with E-state index >= 15 is 0 Å². The van der Waals surface area contributed by atoms with Crippen LogP contribution in [0.1, 0.15) is 53.7 Å². The van der Waals surface area contributed by atoms with Gasteiger partial charge >= 0.3 is 19.5 Å². The van der Waals surface area contributed by atoms with Gasteiger partial charge in [0.05, 0.1) is 19.3 Å². The van der Waals surface area contributed by atoms with Gasteiger partial charge in [0, 0.05) is 24.1 Å². The summed E-state index contributed by atoms with van der Waals surface area (Å²) >= 11 is 0. The van der Waals surface area contributed by atoms with Gasteiger partial charge in [-0.05, 0) is 26.2 Å². The average molecular weight is 474 g/mol. The standard InChI is InChI=1S/C20H31N2O9P/c1-12(2)29-16(24)7-6-13(3)10-27-32(26)28-11-14-17(31-32)20(4,5)18(30-14)22-9-8-15(23)21-19(22)25/h8-9,12-14,17-18H,6-7,10-11H2,1-5H3,(H,21,23,25)/t13?,14-,17-,18-,32-/m1/s1. The predicted molar refractivity (Wildman–Crippen MR) is 113 cm³/mol. The first kappa shape index (κ1) is 24.9. The van der Waals surface area contributed by atoms with Gasteiger partial charge in [-0.15, -0.1) is 0 Å². The van der Waals surface area contributed by atoms with E-state index in [-0.39, 0.29) is 37.6 Å². The van der Waals surface area contributed by atoms with E-state index in [1.54, 1.807) is 13.8 Å². The van der Waals surface area contributed by atoms with Crippen LogP contribution in [0.3, 0.4) is 0 Å². The Labute approximate surface area is 186 Å². The third-order valence-electron chi connectivity index (χ3n) is 5.48. The second kappa shape index (κ2) is 9.61. The molecule has 12 heteroatoms. The average Bonchev–Trinajstić information content (AvgIpc) is 2.94. The van der Waals surface area contributed by atoms with Crippen LogP contribution >= 0.6 is 7.82 Å². The minimum absolute atomic E-state index is 0.0327. The minimum Gasteiger partial charge on any atom is -0.463 e. The highest BCUT2D eigenvalue weighted by Gasteiger charge is 2.58. The monoisotopic (exact) mass is 474 g/mol. The van der Waals surface area contributed by atoms with Gasteiger partial charge in [0.25, 0.3) is 5.56 Å². The summed E-state index contributed by atoms with van der Waals surface area (Å²) in [5, 5.41) is 0.